The summed E-state index contributed by atoms with van der Waals surface area (Å²) in [5.41, 5.74) is 7.44. The van der Waals surface area contributed by atoms with E-state index in [1.54, 1.807) is 31.2 Å². The molecule has 2 rings (SSSR count). The monoisotopic (exact) mass is 316 g/mol. The SMILES string of the molecule is CC(=O)c1ccc(C(=O)Nc2sc(C)c(C)c2C(N)=O)cc1. The number of hydrogen-bond donors (Lipinski definition) is 2. The number of benzene rings is 1. The van der Waals surface area contributed by atoms with Crippen LogP contribution < -0.4 is 11.1 Å². The Hall–Kier alpha value is -2.47. The van der Waals surface area contributed by atoms with Crippen LogP contribution in [-0.4, -0.2) is 17.6 Å². The van der Waals surface area contributed by atoms with Crippen LogP contribution in [0.1, 0.15) is 48.4 Å². The summed E-state index contributed by atoms with van der Waals surface area (Å²) in [6.07, 6.45) is 0. The summed E-state index contributed by atoms with van der Waals surface area (Å²) in [5, 5.41) is 3.16. The van der Waals surface area contributed by atoms with Gasteiger partial charge in [-0.25, -0.2) is 0 Å². The third kappa shape index (κ3) is 3.07. The summed E-state index contributed by atoms with van der Waals surface area (Å²) in [6, 6.07) is 6.33. The van der Waals surface area contributed by atoms with Crippen LogP contribution in [0.2, 0.25) is 0 Å². The molecule has 0 spiro atoms. The van der Waals surface area contributed by atoms with E-state index in [2.05, 4.69) is 5.32 Å². The Labute approximate surface area is 132 Å². The summed E-state index contributed by atoms with van der Waals surface area (Å²) in [6.45, 7) is 5.12. The highest BCUT2D eigenvalue weighted by molar-refractivity contribution is 7.16. The zero-order valence-electron chi connectivity index (χ0n) is 12.5. The Bertz CT molecular complexity index is 760. The Morgan fingerprint density at radius 2 is 1.59 bits per heavy atom. The van der Waals surface area contributed by atoms with Crippen molar-refractivity contribution in [1.82, 2.24) is 0 Å². The summed E-state index contributed by atoms with van der Waals surface area (Å²) in [4.78, 5) is 35.9. The molecule has 1 aromatic heterocycles. The summed E-state index contributed by atoms with van der Waals surface area (Å²) >= 11 is 1.31. The molecule has 0 saturated carbocycles. The highest BCUT2D eigenvalue weighted by Crippen LogP contribution is 2.32. The van der Waals surface area contributed by atoms with E-state index in [4.69, 9.17) is 5.73 Å². The summed E-state index contributed by atoms with van der Waals surface area (Å²) < 4.78 is 0. The van der Waals surface area contributed by atoms with Crippen molar-refractivity contribution < 1.29 is 14.4 Å². The van der Waals surface area contributed by atoms with Gasteiger partial charge in [0.05, 0.1) is 5.56 Å². The number of anilines is 1. The predicted octanol–water partition coefficient (Wildman–Crippen LogP) is 2.92. The lowest BCUT2D eigenvalue weighted by Crippen LogP contribution is -2.17. The zero-order chi connectivity index (χ0) is 16.4. The average Bonchev–Trinajstić information content (AvgIpc) is 2.73. The first-order valence-corrected chi connectivity index (χ1v) is 7.45. The molecule has 0 radical (unpaired) electrons. The first-order valence-electron chi connectivity index (χ1n) is 6.63. The van der Waals surface area contributed by atoms with E-state index in [9.17, 15) is 14.4 Å². The molecule has 0 atom stereocenters. The normalized spacial score (nSPS) is 10.3. The number of thiophene rings is 1. The van der Waals surface area contributed by atoms with E-state index in [0.717, 1.165) is 10.4 Å². The predicted molar refractivity (Wildman–Crippen MR) is 86.7 cm³/mol. The number of primary amides is 1. The van der Waals surface area contributed by atoms with Gasteiger partial charge >= 0.3 is 0 Å². The third-order valence-electron chi connectivity index (χ3n) is 3.41. The number of amides is 2. The molecular formula is C16H16N2O3S. The van der Waals surface area contributed by atoms with Crippen LogP contribution in [0.25, 0.3) is 0 Å². The third-order valence-corrected chi connectivity index (χ3v) is 4.54. The van der Waals surface area contributed by atoms with Crippen LogP contribution in [0.5, 0.6) is 0 Å². The second kappa shape index (κ2) is 6.11. The van der Waals surface area contributed by atoms with Crippen molar-refractivity contribution in [2.45, 2.75) is 20.8 Å². The lowest BCUT2D eigenvalue weighted by atomic mass is 10.1. The Morgan fingerprint density at radius 1 is 1.05 bits per heavy atom. The first-order chi connectivity index (χ1) is 10.3. The van der Waals surface area contributed by atoms with Crippen molar-refractivity contribution in [2.24, 2.45) is 5.73 Å². The Morgan fingerprint density at radius 3 is 2.09 bits per heavy atom. The van der Waals surface area contributed by atoms with Crippen molar-refractivity contribution in [1.29, 1.82) is 0 Å². The van der Waals surface area contributed by atoms with Crippen molar-refractivity contribution in [3.8, 4) is 0 Å². The van der Waals surface area contributed by atoms with Gasteiger partial charge in [-0.1, -0.05) is 12.1 Å². The second-order valence-electron chi connectivity index (χ2n) is 4.94. The van der Waals surface area contributed by atoms with Crippen LogP contribution >= 0.6 is 11.3 Å². The maximum atomic E-state index is 12.2. The number of rotatable bonds is 4. The van der Waals surface area contributed by atoms with Gasteiger partial charge in [0, 0.05) is 16.0 Å². The zero-order valence-corrected chi connectivity index (χ0v) is 13.3. The van der Waals surface area contributed by atoms with E-state index < -0.39 is 5.91 Å². The van der Waals surface area contributed by atoms with Gasteiger partial charge in [0.25, 0.3) is 11.8 Å². The molecule has 1 heterocycles. The second-order valence-corrected chi connectivity index (χ2v) is 6.16. The number of ketones is 1. The molecule has 0 bridgehead atoms. The van der Waals surface area contributed by atoms with Gasteiger partial charge in [0.2, 0.25) is 0 Å². The fourth-order valence-electron chi connectivity index (χ4n) is 2.04. The number of hydrogen-bond acceptors (Lipinski definition) is 4. The van der Waals surface area contributed by atoms with Crippen LogP contribution in [0, 0.1) is 13.8 Å². The average molecular weight is 316 g/mol. The molecule has 2 aromatic rings. The molecule has 0 fully saturated rings. The van der Waals surface area contributed by atoms with Crippen molar-refractivity contribution >= 4 is 33.9 Å². The summed E-state index contributed by atoms with van der Waals surface area (Å²) in [5.74, 6) is -0.976. The molecular weight excluding hydrogens is 300 g/mol. The first kappa shape index (κ1) is 15.9. The molecule has 0 aliphatic heterocycles. The maximum Gasteiger partial charge on any atom is 0.256 e. The Kier molecular flexibility index (Phi) is 4.42. The van der Waals surface area contributed by atoms with Gasteiger partial charge in [0.1, 0.15) is 5.00 Å². The van der Waals surface area contributed by atoms with E-state index in [1.165, 1.54) is 18.3 Å². The van der Waals surface area contributed by atoms with Gasteiger partial charge in [-0.2, -0.15) is 0 Å². The fourth-order valence-corrected chi connectivity index (χ4v) is 3.10. The van der Waals surface area contributed by atoms with E-state index in [0.29, 0.717) is 21.7 Å². The van der Waals surface area contributed by atoms with Gasteiger partial charge in [-0.3, -0.25) is 14.4 Å². The quantitative estimate of drug-likeness (QED) is 0.850. The molecule has 1 aromatic carbocycles. The number of carbonyl (C=O) groups is 3. The smallest absolute Gasteiger partial charge is 0.256 e. The molecule has 22 heavy (non-hydrogen) atoms. The largest absolute Gasteiger partial charge is 0.365 e. The summed E-state index contributed by atoms with van der Waals surface area (Å²) in [7, 11) is 0. The minimum atomic E-state index is -0.566. The lowest BCUT2D eigenvalue weighted by Gasteiger charge is -2.05. The standard InChI is InChI=1S/C16H16N2O3S/c1-8-10(3)22-16(13(8)14(17)20)18-15(21)12-6-4-11(5-7-12)9(2)19/h4-7H,1-3H3,(H2,17,20)(H,18,21). The molecule has 3 N–H and O–H groups in total. The number of aryl methyl sites for hydroxylation is 1. The topological polar surface area (TPSA) is 89.3 Å². The van der Waals surface area contributed by atoms with Gasteiger partial charge in [-0.05, 0) is 38.5 Å². The van der Waals surface area contributed by atoms with E-state index in [1.807, 2.05) is 6.92 Å². The number of Topliss-reactive ketones (excluding diaryl/α,β-unsaturated/α-hetero) is 1. The number of nitrogens with two attached hydrogens (primary N) is 1. The minimum absolute atomic E-state index is 0.0625. The Balaban J connectivity index is 2.27. The molecule has 5 nitrogen and oxygen atoms in total. The fraction of sp³-hybridized carbons (Fsp3) is 0.188. The molecule has 0 unspecified atom stereocenters. The van der Waals surface area contributed by atoms with Gasteiger partial charge in [-0.15, -0.1) is 11.3 Å². The van der Waals surface area contributed by atoms with Crippen LogP contribution in [-0.2, 0) is 0 Å². The van der Waals surface area contributed by atoms with E-state index >= 15 is 0 Å². The van der Waals surface area contributed by atoms with Gasteiger partial charge < -0.3 is 11.1 Å². The van der Waals surface area contributed by atoms with Crippen LogP contribution in [0.3, 0.4) is 0 Å². The maximum absolute atomic E-state index is 12.2. The minimum Gasteiger partial charge on any atom is -0.365 e. The van der Waals surface area contributed by atoms with Crippen molar-refractivity contribution in [3.05, 3.63) is 51.4 Å². The van der Waals surface area contributed by atoms with E-state index in [-0.39, 0.29) is 11.7 Å². The van der Waals surface area contributed by atoms with Crippen molar-refractivity contribution in [3.63, 3.8) is 0 Å². The molecule has 2 amide bonds. The number of nitrogens with one attached hydrogen (secondary N) is 1. The van der Waals surface area contributed by atoms with Gasteiger partial charge in [0.15, 0.2) is 5.78 Å². The molecule has 0 aliphatic carbocycles. The molecule has 0 saturated heterocycles. The molecule has 114 valence electrons. The highest BCUT2D eigenvalue weighted by Gasteiger charge is 2.19. The lowest BCUT2D eigenvalue weighted by molar-refractivity contribution is 0.0995. The molecule has 6 heteroatoms. The molecule has 0 aliphatic rings. The highest BCUT2D eigenvalue weighted by atomic mass is 32.1. The van der Waals surface area contributed by atoms with Crippen molar-refractivity contribution in [2.75, 3.05) is 5.32 Å². The van der Waals surface area contributed by atoms with Crippen LogP contribution in [0.15, 0.2) is 24.3 Å². The van der Waals surface area contributed by atoms with Crippen LogP contribution in [0.4, 0.5) is 5.00 Å². The number of carbonyl (C=O) groups excluding carboxylic acids is 3.